The van der Waals surface area contributed by atoms with Crippen LogP contribution in [-0.4, -0.2) is 18.5 Å². The van der Waals surface area contributed by atoms with Gasteiger partial charge in [0.05, 0.1) is 6.54 Å². The van der Waals surface area contributed by atoms with Gasteiger partial charge in [-0.05, 0) is 50.3 Å². The van der Waals surface area contributed by atoms with Crippen LogP contribution in [0.5, 0.6) is 0 Å². The summed E-state index contributed by atoms with van der Waals surface area (Å²) in [6.07, 6.45) is 8.02. The number of benzene rings is 1. The number of carbonyl (C=O) groups excluding carboxylic acids is 1. The van der Waals surface area contributed by atoms with Gasteiger partial charge in [-0.1, -0.05) is 37.8 Å². The standard InChI is InChI=1S/C18H28N2O/c1-14-8-7-11-17(12-14)20-18(21)13-19-15(2)16-9-5-3-4-6-10-16/h7-8,11-12,15-16,19H,3-6,9-10,13H2,1-2H3,(H,20,21)/t15-/m0/s1. The van der Waals surface area contributed by atoms with E-state index in [2.05, 4.69) is 17.6 Å². The Balaban J connectivity index is 1.75. The maximum absolute atomic E-state index is 12.0. The molecule has 2 N–H and O–H groups in total. The van der Waals surface area contributed by atoms with E-state index < -0.39 is 0 Å². The van der Waals surface area contributed by atoms with Gasteiger partial charge in [0.1, 0.15) is 0 Å². The van der Waals surface area contributed by atoms with E-state index in [4.69, 9.17) is 0 Å². The topological polar surface area (TPSA) is 41.1 Å². The lowest BCUT2D eigenvalue weighted by Gasteiger charge is -2.23. The third-order valence-corrected chi connectivity index (χ3v) is 4.49. The molecule has 0 aromatic heterocycles. The quantitative estimate of drug-likeness (QED) is 0.807. The zero-order chi connectivity index (χ0) is 15.1. The lowest BCUT2D eigenvalue weighted by molar-refractivity contribution is -0.115. The van der Waals surface area contributed by atoms with E-state index in [0.29, 0.717) is 12.6 Å². The SMILES string of the molecule is Cc1cccc(NC(=O)CN[C@@H](C)C2CCCCCC2)c1. The second-order valence-corrected chi connectivity index (χ2v) is 6.34. The smallest absolute Gasteiger partial charge is 0.238 e. The summed E-state index contributed by atoms with van der Waals surface area (Å²) in [4.78, 5) is 12.0. The minimum Gasteiger partial charge on any atom is -0.325 e. The average molecular weight is 288 g/mol. The predicted octanol–water partition coefficient (Wildman–Crippen LogP) is 3.88. The summed E-state index contributed by atoms with van der Waals surface area (Å²) in [5.74, 6) is 0.764. The summed E-state index contributed by atoms with van der Waals surface area (Å²) in [6, 6.07) is 8.34. The number of hydrogen-bond donors (Lipinski definition) is 2. The molecule has 1 aromatic carbocycles. The molecule has 1 aliphatic carbocycles. The van der Waals surface area contributed by atoms with Crippen molar-refractivity contribution in [3.8, 4) is 0 Å². The third-order valence-electron chi connectivity index (χ3n) is 4.49. The Morgan fingerprint density at radius 1 is 1.24 bits per heavy atom. The number of aryl methyl sites for hydroxylation is 1. The summed E-state index contributed by atoms with van der Waals surface area (Å²) >= 11 is 0. The molecule has 0 unspecified atom stereocenters. The van der Waals surface area contributed by atoms with Gasteiger partial charge in [0.25, 0.3) is 0 Å². The van der Waals surface area contributed by atoms with Crippen molar-refractivity contribution in [1.29, 1.82) is 0 Å². The van der Waals surface area contributed by atoms with Crippen LogP contribution in [0, 0.1) is 12.8 Å². The highest BCUT2D eigenvalue weighted by atomic mass is 16.1. The monoisotopic (exact) mass is 288 g/mol. The lowest BCUT2D eigenvalue weighted by atomic mass is 9.93. The number of amides is 1. The van der Waals surface area contributed by atoms with E-state index in [9.17, 15) is 4.79 Å². The van der Waals surface area contributed by atoms with Crippen molar-refractivity contribution in [3.05, 3.63) is 29.8 Å². The average Bonchev–Trinajstić information content (AvgIpc) is 2.74. The molecule has 0 heterocycles. The molecule has 1 amide bonds. The Morgan fingerprint density at radius 2 is 1.95 bits per heavy atom. The highest BCUT2D eigenvalue weighted by Gasteiger charge is 2.19. The van der Waals surface area contributed by atoms with Crippen LogP contribution in [0.3, 0.4) is 0 Å². The summed E-state index contributed by atoms with van der Waals surface area (Å²) in [7, 11) is 0. The Labute approximate surface area is 128 Å². The summed E-state index contributed by atoms with van der Waals surface area (Å²) < 4.78 is 0. The molecule has 1 atom stereocenters. The van der Waals surface area contributed by atoms with Gasteiger partial charge in [0.2, 0.25) is 5.91 Å². The van der Waals surface area contributed by atoms with Crippen LogP contribution in [0.15, 0.2) is 24.3 Å². The third kappa shape index (κ3) is 5.50. The Morgan fingerprint density at radius 3 is 2.62 bits per heavy atom. The molecule has 1 aliphatic rings. The van der Waals surface area contributed by atoms with Crippen molar-refractivity contribution < 1.29 is 4.79 Å². The van der Waals surface area contributed by atoms with E-state index in [1.165, 1.54) is 38.5 Å². The number of anilines is 1. The fraction of sp³-hybridized carbons (Fsp3) is 0.611. The molecule has 0 aliphatic heterocycles. The predicted molar refractivity (Wildman–Crippen MR) is 88.5 cm³/mol. The van der Waals surface area contributed by atoms with Gasteiger partial charge < -0.3 is 10.6 Å². The molecule has 0 radical (unpaired) electrons. The first-order valence-electron chi connectivity index (χ1n) is 8.25. The first-order chi connectivity index (χ1) is 10.1. The van der Waals surface area contributed by atoms with Crippen LogP contribution >= 0.6 is 0 Å². The summed E-state index contributed by atoms with van der Waals surface area (Å²) in [5, 5.41) is 6.35. The van der Waals surface area contributed by atoms with Gasteiger partial charge in [0, 0.05) is 11.7 Å². The highest BCUT2D eigenvalue weighted by Crippen LogP contribution is 2.25. The molecule has 21 heavy (non-hydrogen) atoms. The van der Waals surface area contributed by atoms with Gasteiger partial charge in [-0.2, -0.15) is 0 Å². The van der Waals surface area contributed by atoms with Crippen molar-refractivity contribution in [3.63, 3.8) is 0 Å². The Hall–Kier alpha value is -1.35. The van der Waals surface area contributed by atoms with E-state index in [0.717, 1.165) is 17.2 Å². The Bertz CT molecular complexity index is 450. The number of rotatable bonds is 5. The van der Waals surface area contributed by atoms with Crippen LogP contribution in [0.2, 0.25) is 0 Å². The van der Waals surface area contributed by atoms with Crippen LogP contribution in [0.4, 0.5) is 5.69 Å². The van der Waals surface area contributed by atoms with E-state index in [1.807, 2.05) is 31.2 Å². The molecule has 0 bridgehead atoms. The van der Waals surface area contributed by atoms with Crippen LogP contribution in [-0.2, 0) is 4.79 Å². The normalized spacial score (nSPS) is 18.0. The van der Waals surface area contributed by atoms with E-state index in [1.54, 1.807) is 0 Å². The molecular formula is C18H28N2O. The molecule has 116 valence electrons. The lowest BCUT2D eigenvalue weighted by Crippen LogP contribution is -2.38. The second-order valence-electron chi connectivity index (χ2n) is 6.34. The molecule has 1 aromatic rings. The highest BCUT2D eigenvalue weighted by molar-refractivity contribution is 5.92. The maximum atomic E-state index is 12.0. The zero-order valence-corrected chi connectivity index (χ0v) is 13.3. The Kier molecular flexibility index (Phi) is 6.24. The minimum atomic E-state index is 0.0427. The van der Waals surface area contributed by atoms with Crippen molar-refractivity contribution in [2.24, 2.45) is 5.92 Å². The van der Waals surface area contributed by atoms with Crippen molar-refractivity contribution in [2.75, 3.05) is 11.9 Å². The van der Waals surface area contributed by atoms with Crippen molar-refractivity contribution in [2.45, 2.75) is 58.4 Å². The molecule has 1 saturated carbocycles. The first-order valence-corrected chi connectivity index (χ1v) is 8.25. The van der Waals surface area contributed by atoms with Gasteiger partial charge in [-0.3, -0.25) is 4.79 Å². The molecule has 1 fully saturated rings. The fourth-order valence-electron chi connectivity index (χ4n) is 3.16. The summed E-state index contributed by atoms with van der Waals surface area (Å²) in [6.45, 7) is 4.64. The van der Waals surface area contributed by atoms with Crippen LogP contribution in [0.1, 0.15) is 51.0 Å². The van der Waals surface area contributed by atoms with Crippen molar-refractivity contribution >= 4 is 11.6 Å². The van der Waals surface area contributed by atoms with E-state index in [-0.39, 0.29) is 5.91 Å². The van der Waals surface area contributed by atoms with Gasteiger partial charge in [0.15, 0.2) is 0 Å². The number of carbonyl (C=O) groups is 1. The molecule has 0 saturated heterocycles. The molecule has 3 heteroatoms. The first kappa shape index (κ1) is 16.0. The molecule has 3 nitrogen and oxygen atoms in total. The fourth-order valence-corrected chi connectivity index (χ4v) is 3.16. The van der Waals surface area contributed by atoms with Crippen LogP contribution < -0.4 is 10.6 Å². The van der Waals surface area contributed by atoms with Gasteiger partial charge in [-0.15, -0.1) is 0 Å². The largest absolute Gasteiger partial charge is 0.325 e. The van der Waals surface area contributed by atoms with Gasteiger partial charge >= 0.3 is 0 Å². The zero-order valence-electron chi connectivity index (χ0n) is 13.3. The molecular weight excluding hydrogens is 260 g/mol. The van der Waals surface area contributed by atoms with Crippen molar-refractivity contribution in [1.82, 2.24) is 5.32 Å². The second kappa shape index (κ2) is 8.18. The maximum Gasteiger partial charge on any atom is 0.238 e. The number of nitrogens with one attached hydrogen (secondary N) is 2. The van der Waals surface area contributed by atoms with Crippen LogP contribution in [0.25, 0.3) is 0 Å². The summed E-state index contributed by atoms with van der Waals surface area (Å²) in [5.41, 5.74) is 2.04. The van der Waals surface area contributed by atoms with E-state index >= 15 is 0 Å². The number of hydrogen-bond acceptors (Lipinski definition) is 2. The molecule has 0 spiro atoms. The minimum absolute atomic E-state index is 0.0427. The molecule has 2 rings (SSSR count). The van der Waals surface area contributed by atoms with Gasteiger partial charge in [-0.25, -0.2) is 0 Å².